The van der Waals surface area contributed by atoms with Crippen molar-refractivity contribution in [3.63, 3.8) is 0 Å². The van der Waals surface area contributed by atoms with E-state index in [2.05, 4.69) is 84.3 Å². The Labute approximate surface area is 186 Å². The van der Waals surface area contributed by atoms with Crippen molar-refractivity contribution in [1.29, 1.82) is 0 Å². The number of nitrogens with zero attached hydrogens (tertiary/aromatic N) is 5. The molecule has 1 fully saturated rings. The lowest BCUT2D eigenvalue weighted by Gasteiger charge is -2.30. The maximum Gasteiger partial charge on any atom is 0.193 e. The lowest BCUT2D eigenvalue weighted by atomic mass is 9.79. The highest BCUT2D eigenvalue weighted by molar-refractivity contribution is 7.99. The summed E-state index contributed by atoms with van der Waals surface area (Å²) in [4.78, 5) is 5.12. The molecule has 2 aliphatic heterocycles. The molecule has 4 rings (SSSR count). The second kappa shape index (κ2) is 8.29. The number of likely N-dealkylation sites (tertiary alicyclic amines) is 1. The van der Waals surface area contributed by atoms with E-state index in [-0.39, 0.29) is 10.8 Å². The molecule has 0 bridgehead atoms. The van der Waals surface area contributed by atoms with Gasteiger partial charge in [0.2, 0.25) is 0 Å². The van der Waals surface area contributed by atoms with Gasteiger partial charge in [0.25, 0.3) is 0 Å². The minimum absolute atomic E-state index is 0.0945. The number of thioether (sulfide) groups is 1. The molecule has 6 heteroatoms. The van der Waals surface area contributed by atoms with E-state index in [9.17, 15) is 0 Å². The summed E-state index contributed by atoms with van der Waals surface area (Å²) in [6.45, 7) is 19.4. The Balaban J connectivity index is 1.62. The van der Waals surface area contributed by atoms with Crippen molar-refractivity contribution < 1.29 is 0 Å². The molecule has 0 atom stereocenters. The third-order valence-corrected chi connectivity index (χ3v) is 7.34. The molecule has 0 amide bonds. The van der Waals surface area contributed by atoms with E-state index in [1.807, 2.05) is 11.8 Å². The summed E-state index contributed by atoms with van der Waals surface area (Å²) in [5.41, 5.74) is 4.09. The second-order valence-electron chi connectivity index (χ2n) is 10.9. The number of aromatic nitrogens is 3. The fraction of sp³-hybridized carbons (Fsp3) is 0.667. The van der Waals surface area contributed by atoms with Crippen LogP contribution in [-0.4, -0.2) is 56.6 Å². The quantitative estimate of drug-likeness (QED) is 0.689. The van der Waals surface area contributed by atoms with E-state index in [1.54, 1.807) is 0 Å². The van der Waals surface area contributed by atoms with Crippen molar-refractivity contribution in [3.8, 4) is 11.4 Å². The number of benzene rings is 1. The van der Waals surface area contributed by atoms with E-state index < -0.39 is 0 Å². The molecule has 1 aromatic heterocycles. The summed E-state index contributed by atoms with van der Waals surface area (Å²) in [7, 11) is 0. The van der Waals surface area contributed by atoms with Crippen LogP contribution in [0.3, 0.4) is 0 Å². The van der Waals surface area contributed by atoms with Gasteiger partial charge in [0.05, 0.1) is 12.5 Å². The Bertz CT molecular complexity index is 852. The molecule has 2 aromatic rings. The Hall–Kier alpha value is -1.37. The van der Waals surface area contributed by atoms with Crippen LogP contribution < -0.4 is 0 Å². The van der Waals surface area contributed by atoms with Crippen molar-refractivity contribution >= 4 is 11.8 Å². The van der Waals surface area contributed by atoms with Crippen LogP contribution in [0.4, 0.5) is 0 Å². The monoisotopic (exact) mass is 427 g/mol. The van der Waals surface area contributed by atoms with Crippen LogP contribution >= 0.6 is 11.8 Å². The van der Waals surface area contributed by atoms with Crippen LogP contribution in [0.25, 0.3) is 11.4 Å². The Morgan fingerprint density at radius 1 is 0.833 bits per heavy atom. The van der Waals surface area contributed by atoms with Gasteiger partial charge < -0.3 is 4.90 Å². The van der Waals surface area contributed by atoms with Gasteiger partial charge in [0.1, 0.15) is 0 Å². The van der Waals surface area contributed by atoms with Gasteiger partial charge in [-0.3, -0.25) is 9.47 Å². The molecular formula is C24H37N5S. The van der Waals surface area contributed by atoms with Crippen molar-refractivity contribution in [2.45, 2.75) is 77.0 Å². The van der Waals surface area contributed by atoms with Crippen LogP contribution in [-0.2, 0) is 17.5 Å². The number of rotatable bonds is 4. The van der Waals surface area contributed by atoms with Gasteiger partial charge in [-0.25, -0.2) is 0 Å². The van der Waals surface area contributed by atoms with Crippen LogP contribution in [0.5, 0.6) is 0 Å². The van der Waals surface area contributed by atoms with Crippen LogP contribution in [0.2, 0.25) is 0 Å². The molecule has 30 heavy (non-hydrogen) atoms. The molecule has 164 valence electrons. The summed E-state index contributed by atoms with van der Waals surface area (Å²) in [6, 6.07) is 7.01. The smallest absolute Gasteiger partial charge is 0.193 e. The lowest BCUT2D eigenvalue weighted by Crippen LogP contribution is -2.37. The van der Waals surface area contributed by atoms with Gasteiger partial charge in [-0.2, -0.15) is 0 Å². The molecule has 1 aromatic carbocycles. The molecular weight excluding hydrogens is 390 g/mol. The lowest BCUT2D eigenvalue weighted by molar-refractivity contribution is 0.203. The van der Waals surface area contributed by atoms with Crippen LogP contribution in [0.15, 0.2) is 23.4 Å². The average molecular weight is 428 g/mol. The van der Waals surface area contributed by atoms with Gasteiger partial charge in [-0.05, 0) is 60.0 Å². The fourth-order valence-electron chi connectivity index (χ4n) is 4.17. The highest BCUT2D eigenvalue weighted by Crippen LogP contribution is 2.35. The van der Waals surface area contributed by atoms with Crippen molar-refractivity contribution in [2.75, 3.05) is 32.1 Å². The molecule has 0 spiro atoms. The predicted molar refractivity (Wildman–Crippen MR) is 126 cm³/mol. The number of hydrogen-bond acceptors (Lipinski definition) is 5. The van der Waals surface area contributed by atoms with E-state index in [0.29, 0.717) is 0 Å². The van der Waals surface area contributed by atoms with Crippen LogP contribution in [0.1, 0.15) is 65.5 Å². The zero-order valence-corrected chi connectivity index (χ0v) is 20.3. The van der Waals surface area contributed by atoms with E-state index in [0.717, 1.165) is 30.1 Å². The summed E-state index contributed by atoms with van der Waals surface area (Å²) >= 11 is 1.81. The summed E-state index contributed by atoms with van der Waals surface area (Å²) < 4.78 is 2.31. The second-order valence-corrected chi connectivity index (χ2v) is 11.8. The molecule has 0 unspecified atom stereocenters. The largest absolute Gasteiger partial charge is 0.302 e. The topological polar surface area (TPSA) is 37.2 Å². The SMILES string of the molecule is CC(C)(C)c1cc(-c2nnc3n2CN(CCN2CCCC2)CS3)cc(C(C)(C)C)c1. The average Bonchev–Trinajstić information content (AvgIpc) is 3.34. The first-order valence-electron chi connectivity index (χ1n) is 11.3. The Morgan fingerprint density at radius 3 is 2.03 bits per heavy atom. The molecule has 0 radical (unpaired) electrons. The van der Waals surface area contributed by atoms with Crippen molar-refractivity contribution in [3.05, 3.63) is 29.3 Å². The molecule has 5 nitrogen and oxygen atoms in total. The molecule has 0 aliphatic carbocycles. The van der Waals surface area contributed by atoms with E-state index in [4.69, 9.17) is 0 Å². The molecule has 1 saturated heterocycles. The predicted octanol–water partition coefficient (Wildman–Crippen LogP) is 4.96. The minimum atomic E-state index is 0.0945. The van der Waals surface area contributed by atoms with Gasteiger partial charge in [-0.1, -0.05) is 59.4 Å². The minimum Gasteiger partial charge on any atom is -0.302 e. The standard InChI is InChI=1S/C24H37N5S/c1-23(2,3)19-13-18(14-20(15-19)24(4,5)6)21-25-26-22-29(21)16-28(17-30-22)12-11-27-9-7-8-10-27/h13-15H,7-12,16-17H2,1-6H3. The third-order valence-electron chi connectivity index (χ3n) is 6.29. The molecule has 3 heterocycles. The van der Waals surface area contributed by atoms with Gasteiger partial charge in [0, 0.05) is 18.7 Å². The fourth-order valence-corrected chi connectivity index (χ4v) is 5.08. The zero-order chi connectivity index (χ0) is 21.5. The van der Waals surface area contributed by atoms with Crippen LogP contribution in [0, 0.1) is 0 Å². The first-order valence-corrected chi connectivity index (χ1v) is 12.3. The number of hydrogen-bond donors (Lipinski definition) is 0. The van der Waals surface area contributed by atoms with Crippen molar-refractivity contribution in [1.82, 2.24) is 24.6 Å². The zero-order valence-electron chi connectivity index (χ0n) is 19.5. The highest BCUT2D eigenvalue weighted by atomic mass is 32.2. The Kier molecular flexibility index (Phi) is 6.03. The summed E-state index contributed by atoms with van der Waals surface area (Å²) in [5, 5.41) is 10.2. The van der Waals surface area contributed by atoms with Gasteiger partial charge in [-0.15, -0.1) is 10.2 Å². The number of fused-ring (bicyclic) bond motifs is 1. The highest BCUT2D eigenvalue weighted by Gasteiger charge is 2.26. The molecule has 0 saturated carbocycles. The maximum atomic E-state index is 4.64. The molecule has 0 N–H and O–H groups in total. The molecule has 2 aliphatic rings. The maximum absolute atomic E-state index is 4.64. The van der Waals surface area contributed by atoms with Gasteiger partial charge in [0.15, 0.2) is 11.0 Å². The third kappa shape index (κ3) is 4.76. The first kappa shape index (κ1) is 21.8. The van der Waals surface area contributed by atoms with E-state index >= 15 is 0 Å². The summed E-state index contributed by atoms with van der Waals surface area (Å²) in [5.74, 6) is 2.00. The Morgan fingerprint density at radius 2 is 1.43 bits per heavy atom. The van der Waals surface area contributed by atoms with Crippen molar-refractivity contribution in [2.24, 2.45) is 0 Å². The first-order chi connectivity index (χ1) is 14.1. The van der Waals surface area contributed by atoms with Gasteiger partial charge >= 0.3 is 0 Å². The normalized spacial score (nSPS) is 18.7. The summed E-state index contributed by atoms with van der Waals surface area (Å²) in [6.07, 6.45) is 2.71. The van der Waals surface area contributed by atoms with E-state index in [1.165, 1.54) is 49.2 Å².